The summed E-state index contributed by atoms with van der Waals surface area (Å²) in [5.74, 6) is 1.41. The Bertz CT molecular complexity index is 815. The van der Waals surface area contributed by atoms with Crippen LogP contribution < -0.4 is 19.9 Å². The maximum absolute atomic E-state index is 12.9. The van der Waals surface area contributed by atoms with Gasteiger partial charge in [-0.3, -0.25) is 4.79 Å². The summed E-state index contributed by atoms with van der Waals surface area (Å²) in [6, 6.07) is 16.3. The van der Waals surface area contributed by atoms with Crippen molar-refractivity contribution in [3.63, 3.8) is 0 Å². The van der Waals surface area contributed by atoms with Crippen LogP contribution in [0.1, 0.15) is 38.7 Å². The number of quaternary nitrogens is 1. The minimum Gasteiger partial charge on any atom is -0.497 e. The zero-order chi connectivity index (χ0) is 20.8. The number of nitrogens with one attached hydrogen (secondary N) is 2. The maximum Gasteiger partial charge on any atom is 0.282 e. The molecule has 2 aromatic rings. The van der Waals surface area contributed by atoms with Gasteiger partial charge in [0.15, 0.2) is 6.04 Å². The summed E-state index contributed by atoms with van der Waals surface area (Å²) in [6.07, 6.45) is 1.06. The van der Waals surface area contributed by atoms with Crippen molar-refractivity contribution in [2.24, 2.45) is 0 Å². The third kappa shape index (κ3) is 5.10. The molecule has 5 nitrogen and oxygen atoms in total. The van der Waals surface area contributed by atoms with Crippen molar-refractivity contribution in [1.82, 2.24) is 0 Å². The molecule has 2 N–H and O–H groups in total. The molecule has 1 aliphatic heterocycles. The lowest BCUT2D eigenvalue weighted by molar-refractivity contribution is -0.914. The average Bonchev–Trinajstić information content (AvgIpc) is 2.78. The average molecular weight is 397 g/mol. The highest BCUT2D eigenvalue weighted by Gasteiger charge is 2.29. The predicted octanol–water partition coefficient (Wildman–Crippen LogP) is 2.94. The minimum absolute atomic E-state index is 0.0764. The molecule has 3 rings (SSSR count). The van der Waals surface area contributed by atoms with Gasteiger partial charge in [-0.05, 0) is 43.0 Å². The number of carbonyl (C=O) groups is 1. The Morgan fingerprint density at radius 3 is 2.55 bits per heavy atom. The molecular weight excluding hydrogens is 362 g/mol. The van der Waals surface area contributed by atoms with Gasteiger partial charge in [0.1, 0.15) is 5.75 Å². The molecule has 0 unspecified atom stereocenters. The molecule has 0 spiro atoms. The molecule has 0 aromatic heterocycles. The second kappa shape index (κ2) is 9.79. The number of carbonyl (C=O) groups excluding carboxylic acids is 1. The minimum atomic E-state index is -0.0764. The van der Waals surface area contributed by atoms with Crippen LogP contribution >= 0.6 is 0 Å². The first-order valence-electron chi connectivity index (χ1n) is 10.7. The summed E-state index contributed by atoms with van der Waals surface area (Å²) < 4.78 is 5.34. The second-order valence-corrected chi connectivity index (χ2v) is 7.95. The van der Waals surface area contributed by atoms with Crippen LogP contribution in [0, 0.1) is 0 Å². The predicted molar refractivity (Wildman–Crippen MR) is 119 cm³/mol. The number of nitrogens with zero attached hydrogens (tertiary/aromatic N) is 1. The fourth-order valence-corrected chi connectivity index (χ4v) is 3.98. The number of benzene rings is 2. The molecule has 0 bridgehead atoms. The molecule has 1 amide bonds. The number of hydrogen-bond acceptors (Lipinski definition) is 3. The van der Waals surface area contributed by atoms with E-state index >= 15 is 0 Å². The molecule has 5 heteroatoms. The van der Waals surface area contributed by atoms with E-state index in [4.69, 9.17) is 4.74 Å². The van der Waals surface area contributed by atoms with Gasteiger partial charge >= 0.3 is 0 Å². The van der Waals surface area contributed by atoms with Gasteiger partial charge in [0.05, 0.1) is 33.3 Å². The van der Waals surface area contributed by atoms with E-state index in [2.05, 4.69) is 42.3 Å². The van der Waals surface area contributed by atoms with Gasteiger partial charge in [0, 0.05) is 17.4 Å². The number of anilines is 2. The first-order chi connectivity index (χ1) is 14.0. The first kappa shape index (κ1) is 21.2. The first-order valence-corrected chi connectivity index (χ1v) is 10.7. The largest absolute Gasteiger partial charge is 0.497 e. The zero-order valence-corrected chi connectivity index (χ0v) is 18.1. The monoisotopic (exact) mass is 396 g/mol. The zero-order valence-electron chi connectivity index (χ0n) is 18.1. The van der Waals surface area contributed by atoms with Crippen LogP contribution in [0.5, 0.6) is 5.75 Å². The SMILES string of the molecule is CC[C@H](C)c1ccccc1NC(=O)[C@@H](C)[NH+]1CCN(c2cccc(OC)c2)CC1. The maximum atomic E-state index is 12.9. The molecule has 0 saturated carbocycles. The Balaban J connectivity index is 1.59. The molecule has 29 heavy (non-hydrogen) atoms. The molecule has 2 aromatic carbocycles. The quantitative estimate of drug-likeness (QED) is 0.756. The number of piperazine rings is 1. The molecule has 156 valence electrons. The Morgan fingerprint density at radius 1 is 1.14 bits per heavy atom. The van der Waals surface area contributed by atoms with Gasteiger partial charge in [0.2, 0.25) is 0 Å². The van der Waals surface area contributed by atoms with Crippen molar-refractivity contribution in [2.75, 3.05) is 43.5 Å². The van der Waals surface area contributed by atoms with Crippen LogP contribution in [-0.2, 0) is 4.79 Å². The van der Waals surface area contributed by atoms with Crippen LogP contribution in [0.2, 0.25) is 0 Å². The molecule has 2 atom stereocenters. The van der Waals surface area contributed by atoms with E-state index in [0.717, 1.165) is 44.0 Å². The molecular formula is C24H34N3O2+. The van der Waals surface area contributed by atoms with Crippen molar-refractivity contribution in [2.45, 2.75) is 39.2 Å². The lowest BCUT2D eigenvalue weighted by Crippen LogP contribution is -3.19. The third-order valence-corrected chi connectivity index (χ3v) is 6.19. The number of hydrogen-bond donors (Lipinski definition) is 2. The number of para-hydroxylation sites is 1. The van der Waals surface area contributed by atoms with Crippen molar-refractivity contribution >= 4 is 17.3 Å². The van der Waals surface area contributed by atoms with Crippen molar-refractivity contribution in [3.05, 3.63) is 54.1 Å². The molecule has 1 aliphatic rings. The molecule has 1 fully saturated rings. The van der Waals surface area contributed by atoms with Gasteiger partial charge in [-0.15, -0.1) is 0 Å². The normalized spacial score (nSPS) is 16.9. The molecule has 0 radical (unpaired) electrons. The topological polar surface area (TPSA) is 46.0 Å². The van der Waals surface area contributed by atoms with Crippen LogP contribution in [0.4, 0.5) is 11.4 Å². The standard InChI is InChI=1S/C24H33N3O2/c1-5-18(2)22-11-6-7-12-23(22)25-24(28)19(3)26-13-15-27(16-14-26)20-9-8-10-21(17-20)29-4/h6-12,17-19H,5,13-16H2,1-4H3,(H,25,28)/p+1/t18-,19+/m0/s1. The Hall–Kier alpha value is -2.53. The van der Waals surface area contributed by atoms with E-state index in [1.165, 1.54) is 16.2 Å². The molecule has 1 saturated heterocycles. The van der Waals surface area contributed by atoms with Gasteiger partial charge in [-0.2, -0.15) is 0 Å². The Labute approximate surface area is 174 Å². The number of amides is 1. The van der Waals surface area contributed by atoms with Crippen LogP contribution in [-0.4, -0.2) is 45.2 Å². The van der Waals surface area contributed by atoms with E-state index in [-0.39, 0.29) is 11.9 Å². The van der Waals surface area contributed by atoms with E-state index in [1.807, 2.05) is 37.3 Å². The van der Waals surface area contributed by atoms with Gasteiger partial charge in [-0.1, -0.05) is 38.1 Å². The van der Waals surface area contributed by atoms with E-state index in [9.17, 15) is 4.79 Å². The van der Waals surface area contributed by atoms with Gasteiger partial charge < -0.3 is 19.9 Å². The number of rotatable bonds is 7. The highest BCUT2D eigenvalue weighted by atomic mass is 16.5. The third-order valence-electron chi connectivity index (χ3n) is 6.19. The number of ether oxygens (including phenoxy) is 1. The Kier molecular flexibility index (Phi) is 7.15. The van der Waals surface area contributed by atoms with E-state index in [1.54, 1.807) is 7.11 Å². The highest BCUT2D eigenvalue weighted by molar-refractivity contribution is 5.94. The van der Waals surface area contributed by atoms with Crippen LogP contribution in [0.15, 0.2) is 48.5 Å². The van der Waals surface area contributed by atoms with Crippen LogP contribution in [0.3, 0.4) is 0 Å². The fraction of sp³-hybridized carbons (Fsp3) is 0.458. The molecule has 1 heterocycles. The highest BCUT2D eigenvalue weighted by Crippen LogP contribution is 2.26. The van der Waals surface area contributed by atoms with E-state index < -0.39 is 0 Å². The second-order valence-electron chi connectivity index (χ2n) is 7.95. The summed E-state index contributed by atoms with van der Waals surface area (Å²) >= 11 is 0. The summed E-state index contributed by atoms with van der Waals surface area (Å²) in [6.45, 7) is 10.2. The lowest BCUT2D eigenvalue weighted by Gasteiger charge is -2.36. The van der Waals surface area contributed by atoms with Crippen LogP contribution in [0.25, 0.3) is 0 Å². The van der Waals surface area contributed by atoms with Crippen molar-refractivity contribution in [3.8, 4) is 5.75 Å². The van der Waals surface area contributed by atoms with E-state index in [0.29, 0.717) is 5.92 Å². The van der Waals surface area contributed by atoms with Gasteiger partial charge in [-0.25, -0.2) is 0 Å². The van der Waals surface area contributed by atoms with Crippen molar-refractivity contribution < 1.29 is 14.4 Å². The lowest BCUT2D eigenvalue weighted by atomic mass is 9.97. The fourth-order valence-electron chi connectivity index (χ4n) is 3.98. The molecule has 0 aliphatic carbocycles. The summed E-state index contributed by atoms with van der Waals surface area (Å²) in [7, 11) is 1.70. The smallest absolute Gasteiger partial charge is 0.282 e. The summed E-state index contributed by atoms with van der Waals surface area (Å²) in [4.78, 5) is 16.7. The van der Waals surface area contributed by atoms with Gasteiger partial charge in [0.25, 0.3) is 5.91 Å². The Morgan fingerprint density at radius 2 is 1.86 bits per heavy atom. The van der Waals surface area contributed by atoms with Crippen molar-refractivity contribution in [1.29, 1.82) is 0 Å². The number of methoxy groups -OCH3 is 1. The summed E-state index contributed by atoms with van der Waals surface area (Å²) in [5.41, 5.74) is 3.35. The summed E-state index contributed by atoms with van der Waals surface area (Å²) in [5, 5.41) is 3.19.